The van der Waals surface area contributed by atoms with Crippen LogP contribution in [0.25, 0.3) is 12.2 Å². The third-order valence-corrected chi connectivity index (χ3v) is 6.38. The lowest BCUT2D eigenvalue weighted by Crippen LogP contribution is -2.08. The molecule has 0 aliphatic heterocycles. The summed E-state index contributed by atoms with van der Waals surface area (Å²) in [4.78, 5) is 4.39. The van der Waals surface area contributed by atoms with E-state index in [2.05, 4.69) is 39.0 Å². The second kappa shape index (κ2) is 12.6. The van der Waals surface area contributed by atoms with E-state index >= 15 is 0 Å². The van der Waals surface area contributed by atoms with E-state index in [-0.39, 0.29) is 19.0 Å². The Morgan fingerprint density at radius 1 is 1.11 bits per heavy atom. The van der Waals surface area contributed by atoms with Gasteiger partial charge in [0.05, 0.1) is 13.2 Å². The molecule has 0 radical (unpaired) electrons. The molecule has 0 unspecified atom stereocenters. The van der Waals surface area contributed by atoms with E-state index < -0.39 is 0 Å². The molecule has 0 fully saturated rings. The number of unbranched alkanes of at least 4 members (excludes halogenated alkanes) is 1. The molecule has 36 heavy (non-hydrogen) atoms. The molecule has 4 aromatic rings. The summed E-state index contributed by atoms with van der Waals surface area (Å²) in [5.41, 5.74) is 4.78. The van der Waals surface area contributed by atoms with Gasteiger partial charge >= 0.3 is 0 Å². The van der Waals surface area contributed by atoms with Crippen molar-refractivity contribution < 1.29 is 18.7 Å². The van der Waals surface area contributed by atoms with Crippen molar-refractivity contribution in [3.63, 3.8) is 0 Å². The van der Waals surface area contributed by atoms with Crippen molar-refractivity contribution in [2.75, 3.05) is 6.61 Å². The Balaban J connectivity index is 1.24. The van der Waals surface area contributed by atoms with E-state index in [0.29, 0.717) is 28.2 Å². The lowest BCUT2D eigenvalue weighted by molar-refractivity contribution is 0.267. The Morgan fingerprint density at radius 2 is 1.97 bits per heavy atom. The van der Waals surface area contributed by atoms with Crippen molar-refractivity contribution in [1.29, 1.82) is 0 Å². The zero-order chi connectivity index (χ0) is 25.3. The van der Waals surface area contributed by atoms with Crippen LogP contribution in [0.1, 0.15) is 46.8 Å². The zero-order valence-corrected chi connectivity index (χ0v) is 21.7. The van der Waals surface area contributed by atoms with Gasteiger partial charge in [-0.15, -0.1) is 0 Å². The number of aliphatic hydroxyl groups excluding tert-OH is 1. The lowest BCUT2D eigenvalue weighted by Gasteiger charge is -2.10. The Labute approximate surface area is 218 Å². The van der Waals surface area contributed by atoms with E-state index in [0.717, 1.165) is 37.1 Å². The number of rotatable bonds is 12. The first-order valence-electron chi connectivity index (χ1n) is 11.9. The highest BCUT2D eigenvalue weighted by Crippen LogP contribution is 2.21. The maximum absolute atomic E-state index is 14.0. The molecule has 0 spiro atoms. The van der Waals surface area contributed by atoms with E-state index in [4.69, 9.17) is 14.3 Å². The summed E-state index contributed by atoms with van der Waals surface area (Å²) in [5.74, 6) is 0.850. The third kappa shape index (κ3) is 7.15. The summed E-state index contributed by atoms with van der Waals surface area (Å²) in [6.07, 6.45) is 10.7. The molecule has 1 N–H and O–H groups in total. The van der Waals surface area contributed by atoms with Crippen LogP contribution in [0.15, 0.2) is 63.8 Å². The highest BCUT2D eigenvalue weighted by atomic mass is 79.9. The van der Waals surface area contributed by atoms with E-state index in [1.165, 1.54) is 17.2 Å². The third-order valence-electron chi connectivity index (χ3n) is 5.88. The number of benzene rings is 2. The number of oxazole rings is 1. The Bertz CT molecular complexity index is 1320. The molecule has 0 atom stereocenters. The second-order valence-corrected chi connectivity index (χ2v) is 9.45. The summed E-state index contributed by atoms with van der Waals surface area (Å²) >= 11 is 3.25. The number of hydrogen-bond donors (Lipinski definition) is 1. The van der Waals surface area contributed by atoms with Crippen LogP contribution in [0.4, 0.5) is 4.39 Å². The molecule has 4 rings (SSSR count). The van der Waals surface area contributed by atoms with Gasteiger partial charge in [-0.05, 0) is 80.1 Å². The standard InChI is InChI=1S/C28H29BrFN3O3/c1-20-16-26(10-7-21(20)4-2-3-5-25-12-13-31-33(25)14-15-34)35-18-24-19-36-28(32-24)11-8-22-6-9-23(29)17-27(22)30/h6-13,16-17,19,34H,2-5,14-15,18H2,1H3/b11-8+. The number of aryl methyl sites for hydroxylation is 3. The molecule has 2 heterocycles. The number of hydrogen-bond acceptors (Lipinski definition) is 5. The quantitative estimate of drug-likeness (QED) is 0.206. The number of aliphatic hydroxyl groups is 1. The van der Waals surface area contributed by atoms with Crippen LogP contribution in [-0.2, 0) is 26.0 Å². The molecule has 8 heteroatoms. The molecular formula is C28H29BrFN3O3. The fourth-order valence-corrected chi connectivity index (χ4v) is 4.28. The van der Waals surface area contributed by atoms with Crippen molar-refractivity contribution in [3.8, 4) is 5.75 Å². The van der Waals surface area contributed by atoms with E-state index in [1.54, 1.807) is 36.7 Å². The van der Waals surface area contributed by atoms with E-state index in [1.807, 2.05) is 22.9 Å². The minimum atomic E-state index is -0.319. The van der Waals surface area contributed by atoms with Gasteiger partial charge < -0.3 is 14.3 Å². The van der Waals surface area contributed by atoms with Gasteiger partial charge in [0.25, 0.3) is 0 Å². The van der Waals surface area contributed by atoms with Crippen LogP contribution in [0.3, 0.4) is 0 Å². The number of aromatic nitrogens is 3. The van der Waals surface area contributed by atoms with Crippen LogP contribution in [0, 0.1) is 12.7 Å². The first kappa shape index (κ1) is 25.9. The van der Waals surface area contributed by atoms with Gasteiger partial charge in [0, 0.05) is 28.0 Å². The molecule has 0 saturated carbocycles. The number of ether oxygens (including phenoxy) is 1. The van der Waals surface area contributed by atoms with Gasteiger partial charge in [-0.1, -0.05) is 28.1 Å². The summed E-state index contributed by atoms with van der Waals surface area (Å²) in [5, 5.41) is 13.4. The van der Waals surface area contributed by atoms with E-state index in [9.17, 15) is 4.39 Å². The van der Waals surface area contributed by atoms with Crippen molar-refractivity contribution in [2.24, 2.45) is 0 Å². The summed E-state index contributed by atoms with van der Waals surface area (Å²) in [6, 6.07) is 13.0. The number of nitrogens with zero attached hydrogens (tertiary/aromatic N) is 3. The highest BCUT2D eigenvalue weighted by Gasteiger charge is 2.07. The molecule has 2 aromatic heterocycles. The highest BCUT2D eigenvalue weighted by molar-refractivity contribution is 9.10. The van der Waals surface area contributed by atoms with Crippen LogP contribution in [-0.4, -0.2) is 26.5 Å². The lowest BCUT2D eigenvalue weighted by atomic mass is 10.0. The monoisotopic (exact) mass is 553 g/mol. The molecular weight excluding hydrogens is 525 g/mol. The predicted molar refractivity (Wildman–Crippen MR) is 141 cm³/mol. The minimum absolute atomic E-state index is 0.102. The summed E-state index contributed by atoms with van der Waals surface area (Å²) in [7, 11) is 0. The first-order chi connectivity index (χ1) is 17.5. The second-order valence-electron chi connectivity index (χ2n) is 8.53. The smallest absolute Gasteiger partial charge is 0.218 e. The fraction of sp³-hybridized carbons (Fsp3) is 0.286. The maximum Gasteiger partial charge on any atom is 0.218 e. The zero-order valence-electron chi connectivity index (χ0n) is 20.2. The first-order valence-corrected chi connectivity index (χ1v) is 12.7. The van der Waals surface area contributed by atoms with Gasteiger partial charge in [0.1, 0.15) is 30.1 Å². The summed E-state index contributed by atoms with van der Waals surface area (Å²) < 4.78 is 27.9. The molecule has 188 valence electrons. The fourth-order valence-electron chi connectivity index (χ4n) is 3.95. The van der Waals surface area contributed by atoms with Gasteiger partial charge in [-0.2, -0.15) is 5.10 Å². The van der Waals surface area contributed by atoms with Crippen molar-refractivity contribution in [1.82, 2.24) is 14.8 Å². The predicted octanol–water partition coefficient (Wildman–Crippen LogP) is 6.39. The molecule has 0 saturated heterocycles. The van der Waals surface area contributed by atoms with Gasteiger partial charge in [0.15, 0.2) is 0 Å². The van der Waals surface area contributed by atoms with Crippen LogP contribution < -0.4 is 4.74 Å². The van der Waals surface area contributed by atoms with Crippen LogP contribution >= 0.6 is 15.9 Å². The molecule has 0 bridgehead atoms. The normalized spacial score (nSPS) is 11.4. The van der Waals surface area contributed by atoms with Crippen LogP contribution in [0.5, 0.6) is 5.75 Å². The number of halogens is 2. The van der Waals surface area contributed by atoms with Crippen molar-refractivity contribution in [2.45, 2.75) is 45.8 Å². The molecule has 0 aliphatic rings. The molecule has 6 nitrogen and oxygen atoms in total. The average molecular weight is 554 g/mol. The molecule has 0 aliphatic carbocycles. The Morgan fingerprint density at radius 3 is 2.78 bits per heavy atom. The largest absolute Gasteiger partial charge is 0.487 e. The van der Waals surface area contributed by atoms with Crippen LogP contribution in [0.2, 0.25) is 0 Å². The topological polar surface area (TPSA) is 73.3 Å². The van der Waals surface area contributed by atoms with Crippen molar-refractivity contribution in [3.05, 3.63) is 99.2 Å². The van der Waals surface area contributed by atoms with Gasteiger partial charge in [-0.3, -0.25) is 4.68 Å². The maximum atomic E-state index is 14.0. The minimum Gasteiger partial charge on any atom is -0.487 e. The Kier molecular flexibility index (Phi) is 9.08. The van der Waals surface area contributed by atoms with Crippen molar-refractivity contribution >= 4 is 28.1 Å². The Hall–Kier alpha value is -3.23. The molecule has 2 aromatic carbocycles. The SMILES string of the molecule is Cc1cc(OCc2coc(/C=C/c3ccc(Br)cc3F)n2)ccc1CCCCc1ccnn1CCO. The summed E-state index contributed by atoms with van der Waals surface area (Å²) in [6.45, 7) is 3.02. The molecule has 0 amide bonds. The van der Waals surface area contributed by atoms with Gasteiger partial charge in [-0.25, -0.2) is 9.37 Å². The average Bonchev–Trinajstić information content (AvgIpc) is 3.50. The van der Waals surface area contributed by atoms with Gasteiger partial charge in [0.2, 0.25) is 5.89 Å².